The predicted octanol–water partition coefficient (Wildman–Crippen LogP) is 3.44. The van der Waals surface area contributed by atoms with Gasteiger partial charge < -0.3 is 16.4 Å². The number of benzene rings is 2. The summed E-state index contributed by atoms with van der Waals surface area (Å²) in [6.07, 6.45) is 0. The van der Waals surface area contributed by atoms with E-state index in [4.69, 9.17) is 5.73 Å². The molecule has 0 bridgehead atoms. The van der Waals surface area contributed by atoms with Gasteiger partial charge in [0.2, 0.25) is 0 Å². The molecule has 4 N–H and O–H groups in total. The van der Waals surface area contributed by atoms with Crippen molar-refractivity contribution in [3.63, 3.8) is 0 Å². The zero-order valence-electron chi connectivity index (χ0n) is 11.3. The summed E-state index contributed by atoms with van der Waals surface area (Å²) in [6, 6.07) is 11.1. The molecule has 2 aromatic rings. The van der Waals surface area contributed by atoms with Gasteiger partial charge in [-0.05, 0) is 58.7 Å². The van der Waals surface area contributed by atoms with E-state index in [0.717, 1.165) is 15.7 Å². The molecule has 0 heterocycles. The molecular weight excluding hydrogens is 318 g/mol. The van der Waals surface area contributed by atoms with Crippen molar-refractivity contribution in [1.82, 2.24) is 5.32 Å². The van der Waals surface area contributed by atoms with Crippen molar-refractivity contribution in [2.75, 3.05) is 18.1 Å². The maximum atomic E-state index is 11.9. The van der Waals surface area contributed by atoms with E-state index in [0.29, 0.717) is 16.9 Å². The summed E-state index contributed by atoms with van der Waals surface area (Å²) >= 11 is 3.51. The Labute approximate surface area is 126 Å². The molecule has 0 aliphatic carbocycles. The average molecular weight is 334 g/mol. The zero-order chi connectivity index (χ0) is 14.7. The van der Waals surface area contributed by atoms with Crippen LogP contribution < -0.4 is 16.4 Å². The lowest BCUT2D eigenvalue weighted by molar-refractivity contribution is 0.0964. The van der Waals surface area contributed by atoms with Crippen molar-refractivity contribution in [2.24, 2.45) is 0 Å². The summed E-state index contributed by atoms with van der Waals surface area (Å²) in [4.78, 5) is 11.9. The molecule has 0 radical (unpaired) electrons. The summed E-state index contributed by atoms with van der Waals surface area (Å²) in [5, 5.41) is 5.86. The van der Waals surface area contributed by atoms with Crippen LogP contribution in [0.15, 0.2) is 40.9 Å². The van der Waals surface area contributed by atoms with E-state index in [-0.39, 0.29) is 5.91 Å². The van der Waals surface area contributed by atoms with Crippen molar-refractivity contribution in [1.29, 1.82) is 0 Å². The molecule has 104 valence electrons. The van der Waals surface area contributed by atoms with Gasteiger partial charge in [-0.1, -0.05) is 6.07 Å². The average Bonchev–Trinajstić information content (AvgIpc) is 2.41. The van der Waals surface area contributed by atoms with E-state index in [1.165, 1.54) is 0 Å². The van der Waals surface area contributed by atoms with Crippen LogP contribution in [0.4, 0.5) is 17.1 Å². The van der Waals surface area contributed by atoms with Crippen molar-refractivity contribution in [2.45, 2.75) is 6.92 Å². The molecule has 0 spiro atoms. The Balaban J connectivity index is 2.41. The van der Waals surface area contributed by atoms with Gasteiger partial charge in [-0.25, -0.2) is 0 Å². The third-order valence-electron chi connectivity index (χ3n) is 2.91. The quantitative estimate of drug-likeness (QED) is 0.753. The number of carbonyl (C=O) groups is 1. The Hall–Kier alpha value is -2.01. The number of halogens is 1. The molecule has 5 heteroatoms. The molecule has 20 heavy (non-hydrogen) atoms. The minimum atomic E-state index is -0.157. The third-order valence-corrected chi connectivity index (χ3v) is 3.57. The number of nitrogens with two attached hydrogens (primary N) is 1. The first-order valence-corrected chi connectivity index (χ1v) is 6.95. The van der Waals surface area contributed by atoms with Gasteiger partial charge in [0.15, 0.2) is 0 Å². The van der Waals surface area contributed by atoms with Gasteiger partial charge in [-0.15, -0.1) is 0 Å². The van der Waals surface area contributed by atoms with Crippen LogP contribution in [-0.2, 0) is 0 Å². The SMILES string of the molecule is CNC(=O)c1ccc(N)cc1Nc1ccc(C)cc1Br. The Morgan fingerprint density at radius 3 is 2.55 bits per heavy atom. The second-order valence-electron chi connectivity index (χ2n) is 4.49. The molecule has 0 aliphatic rings. The number of carbonyl (C=O) groups excluding carboxylic acids is 1. The van der Waals surface area contributed by atoms with E-state index < -0.39 is 0 Å². The predicted molar refractivity (Wildman–Crippen MR) is 86.4 cm³/mol. The lowest BCUT2D eigenvalue weighted by Crippen LogP contribution is -2.19. The van der Waals surface area contributed by atoms with E-state index in [2.05, 4.69) is 26.6 Å². The van der Waals surface area contributed by atoms with Gasteiger partial charge in [0.05, 0.1) is 16.9 Å². The number of anilines is 3. The molecule has 0 aliphatic heterocycles. The van der Waals surface area contributed by atoms with Gasteiger partial charge in [0.1, 0.15) is 0 Å². The number of rotatable bonds is 3. The number of aryl methyl sites for hydroxylation is 1. The highest BCUT2D eigenvalue weighted by molar-refractivity contribution is 9.10. The van der Waals surface area contributed by atoms with Crippen LogP contribution in [0, 0.1) is 6.92 Å². The van der Waals surface area contributed by atoms with Crippen molar-refractivity contribution < 1.29 is 4.79 Å². The summed E-state index contributed by atoms with van der Waals surface area (Å²) in [5.41, 5.74) is 9.66. The molecular formula is C15H16BrN3O. The maximum absolute atomic E-state index is 11.9. The van der Waals surface area contributed by atoms with Crippen molar-refractivity contribution in [3.05, 3.63) is 52.0 Å². The highest BCUT2D eigenvalue weighted by Gasteiger charge is 2.11. The Bertz CT molecular complexity index is 656. The molecule has 0 saturated heterocycles. The molecule has 4 nitrogen and oxygen atoms in total. The number of hydrogen-bond acceptors (Lipinski definition) is 3. The van der Waals surface area contributed by atoms with E-state index in [9.17, 15) is 4.79 Å². The standard InChI is InChI=1S/C15H16BrN3O/c1-9-3-6-13(12(16)7-9)19-14-8-10(17)4-5-11(14)15(20)18-2/h3-8,19H,17H2,1-2H3,(H,18,20). The van der Waals surface area contributed by atoms with Gasteiger partial charge in [-0.2, -0.15) is 0 Å². The van der Waals surface area contributed by atoms with Gasteiger partial charge in [0, 0.05) is 17.2 Å². The minimum absolute atomic E-state index is 0.157. The van der Waals surface area contributed by atoms with Crippen LogP contribution in [0.25, 0.3) is 0 Å². The molecule has 2 rings (SSSR count). The van der Waals surface area contributed by atoms with Crippen LogP contribution in [0.5, 0.6) is 0 Å². The Morgan fingerprint density at radius 2 is 1.90 bits per heavy atom. The van der Waals surface area contributed by atoms with E-state index in [1.54, 1.807) is 25.2 Å². The lowest BCUT2D eigenvalue weighted by Gasteiger charge is -2.13. The molecule has 0 fully saturated rings. The number of hydrogen-bond donors (Lipinski definition) is 3. The normalized spacial score (nSPS) is 10.2. The molecule has 0 saturated carbocycles. The summed E-state index contributed by atoms with van der Waals surface area (Å²) < 4.78 is 0.933. The summed E-state index contributed by atoms with van der Waals surface area (Å²) in [5.74, 6) is -0.157. The molecule has 1 amide bonds. The number of nitrogen functional groups attached to an aromatic ring is 1. The monoisotopic (exact) mass is 333 g/mol. The summed E-state index contributed by atoms with van der Waals surface area (Å²) in [6.45, 7) is 2.02. The number of nitrogens with one attached hydrogen (secondary N) is 2. The van der Waals surface area contributed by atoms with Crippen molar-refractivity contribution >= 4 is 38.9 Å². The second-order valence-corrected chi connectivity index (χ2v) is 5.35. The smallest absolute Gasteiger partial charge is 0.253 e. The van der Waals surface area contributed by atoms with Crippen LogP contribution in [0.2, 0.25) is 0 Å². The second kappa shape index (κ2) is 5.96. The molecule has 2 aromatic carbocycles. The highest BCUT2D eigenvalue weighted by atomic mass is 79.9. The van der Waals surface area contributed by atoms with Crippen LogP contribution in [0.1, 0.15) is 15.9 Å². The molecule has 0 atom stereocenters. The van der Waals surface area contributed by atoms with Gasteiger partial charge in [0.25, 0.3) is 5.91 Å². The topological polar surface area (TPSA) is 67.2 Å². The van der Waals surface area contributed by atoms with Crippen LogP contribution in [0.3, 0.4) is 0 Å². The van der Waals surface area contributed by atoms with E-state index in [1.807, 2.05) is 25.1 Å². The fourth-order valence-corrected chi connectivity index (χ4v) is 2.46. The molecule has 0 aromatic heterocycles. The minimum Gasteiger partial charge on any atom is -0.399 e. The van der Waals surface area contributed by atoms with Crippen LogP contribution in [-0.4, -0.2) is 13.0 Å². The Morgan fingerprint density at radius 1 is 1.15 bits per heavy atom. The first-order chi connectivity index (χ1) is 9.51. The fraction of sp³-hybridized carbons (Fsp3) is 0.133. The lowest BCUT2D eigenvalue weighted by atomic mass is 10.1. The number of amides is 1. The van der Waals surface area contributed by atoms with Gasteiger partial charge >= 0.3 is 0 Å². The van der Waals surface area contributed by atoms with Crippen LogP contribution >= 0.6 is 15.9 Å². The maximum Gasteiger partial charge on any atom is 0.253 e. The third kappa shape index (κ3) is 3.11. The Kier molecular flexibility index (Phi) is 4.29. The fourth-order valence-electron chi connectivity index (χ4n) is 1.86. The molecule has 0 unspecified atom stereocenters. The van der Waals surface area contributed by atoms with Crippen molar-refractivity contribution in [3.8, 4) is 0 Å². The van der Waals surface area contributed by atoms with Gasteiger partial charge in [-0.3, -0.25) is 4.79 Å². The first kappa shape index (κ1) is 14.4. The summed E-state index contributed by atoms with van der Waals surface area (Å²) in [7, 11) is 1.60. The first-order valence-electron chi connectivity index (χ1n) is 6.16. The highest BCUT2D eigenvalue weighted by Crippen LogP contribution is 2.29. The zero-order valence-corrected chi connectivity index (χ0v) is 12.9. The van der Waals surface area contributed by atoms with E-state index >= 15 is 0 Å². The largest absolute Gasteiger partial charge is 0.399 e.